The molecule has 5 nitrogen and oxygen atoms in total. The minimum Gasteiger partial charge on any atom is -0.347 e. The minimum absolute atomic E-state index is 0.464. The average Bonchev–Trinajstić information content (AvgIpc) is 3.01. The lowest BCUT2D eigenvalue weighted by molar-refractivity contribution is 0.323. The summed E-state index contributed by atoms with van der Waals surface area (Å²) in [6.45, 7) is 8.60. The van der Waals surface area contributed by atoms with Gasteiger partial charge in [-0.15, -0.1) is 5.10 Å². The van der Waals surface area contributed by atoms with E-state index in [1.54, 1.807) is 0 Å². The summed E-state index contributed by atoms with van der Waals surface area (Å²) in [7, 11) is 0. The summed E-state index contributed by atoms with van der Waals surface area (Å²) in [4.78, 5) is 2.42. The van der Waals surface area contributed by atoms with Gasteiger partial charge in [0.05, 0.1) is 24.0 Å². The molecule has 0 amide bonds. The molecule has 0 bridgehead atoms. The van der Waals surface area contributed by atoms with E-state index in [9.17, 15) is 0 Å². The molecule has 0 aromatic carbocycles. The lowest BCUT2D eigenvalue weighted by Gasteiger charge is -2.35. The molecule has 2 aliphatic heterocycles. The Hall–Kier alpha value is -1.65. The first-order valence-electron chi connectivity index (χ1n) is 9.69. The van der Waals surface area contributed by atoms with Gasteiger partial charge in [0.1, 0.15) is 5.69 Å². The van der Waals surface area contributed by atoms with Crippen molar-refractivity contribution in [3.05, 3.63) is 17.0 Å². The predicted molar refractivity (Wildman–Crippen MR) is 97.8 cm³/mol. The van der Waals surface area contributed by atoms with Gasteiger partial charge in [0.25, 0.3) is 0 Å². The highest BCUT2D eigenvalue weighted by Crippen LogP contribution is 2.33. The zero-order valence-electron chi connectivity index (χ0n) is 15.3. The SMILES string of the molecule is CCc1nn(C2CCCCC2)c2c1CCN1CC(C(C)C)=NN=C21. The van der Waals surface area contributed by atoms with Crippen LogP contribution in [0.3, 0.4) is 0 Å². The standard InChI is InChI=1S/C19H29N5/c1-4-16-15-10-11-23-12-17(13(2)3)20-21-19(23)18(15)24(22-16)14-8-6-5-7-9-14/h13-14H,4-12H2,1-3H3. The van der Waals surface area contributed by atoms with Crippen molar-refractivity contribution in [2.75, 3.05) is 13.1 Å². The predicted octanol–water partition coefficient (Wildman–Crippen LogP) is 3.58. The van der Waals surface area contributed by atoms with Crippen molar-refractivity contribution in [3.63, 3.8) is 0 Å². The van der Waals surface area contributed by atoms with Gasteiger partial charge >= 0.3 is 0 Å². The van der Waals surface area contributed by atoms with E-state index in [4.69, 9.17) is 5.10 Å². The van der Waals surface area contributed by atoms with Crippen LogP contribution in [0.5, 0.6) is 0 Å². The number of nitrogens with zero attached hydrogens (tertiary/aromatic N) is 5. The Kier molecular flexibility index (Phi) is 4.19. The quantitative estimate of drug-likeness (QED) is 0.852. The molecule has 5 heteroatoms. The van der Waals surface area contributed by atoms with Crippen molar-refractivity contribution in [1.82, 2.24) is 14.7 Å². The number of hydrogen-bond donors (Lipinski definition) is 0. The Bertz CT molecular complexity index is 676. The van der Waals surface area contributed by atoms with Gasteiger partial charge in [-0.05, 0) is 31.6 Å². The lowest BCUT2D eigenvalue weighted by atomic mass is 9.94. The van der Waals surface area contributed by atoms with Crippen LogP contribution < -0.4 is 0 Å². The first-order chi connectivity index (χ1) is 11.7. The van der Waals surface area contributed by atoms with Crippen molar-refractivity contribution < 1.29 is 0 Å². The molecule has 1 aromatic heterocycles. The molecule has 1 aromatic rings. The summed E-state index contributed by atoms with van der Waals surface area (Å²) < 4.78 is 2.33. The maximum atomic E-state index is 5.04. The lowest BCUT2D eigenvalue weighted by Crippen LogP contribution is -2.45. The van der Waals surface area contributed by atoms with Crippen LogP contribution in [-0.4, -0.2) is 39.3 Å². The number of aromatic nitrogens is 2. The molecule has 0 spiro atoms. The number of rotatable bonds is 3. The van der Waals surface area contributed by atoms with Gasteiger partial charge in [0, 0.05) is 12.1 Å². The molecule has 130 valence electrons. The van der Waals surface area contributed by atoms with Crippen molar-refractivity contribution in [1.29, 1.82) is 0 Å². The molecule has 24 heavy (non-hydrogen) atoms. The summed E-state index contributed by atoms with van der Waals surface area (Å²) in [6, 6.07) is 0.547. The van der Waals surface area contributed by atoms with E-state index in [-0.39, 0.29) is 0 Å². The van der Waals surface area contributed by atoms with Crippen molar-refractivity contribution in [2.45, 2.75) is 71.8 Å². The largest absolute Gasteiger partial charge is 0.347 e. The smallest absolute Gasteiger partial charge is 0.177 e. The third-order valence-electron chi connectivity index (χ3n) is 5.78. The number of fused-ring (bicyclic) bond motifs is 3. The van der Waals surface area contributed by atoms with Crippen LogP contribution in [0.1, 0.15) is 75.9 Å². The summed E-state index contributed by atoms with van der Waals surface area (Å²) in [5, 5.41) is 14.3. The zero-order chi connectivity index (χ0) is 16.7. The van der Waals surface area contributed by atoms with Crippen LogP contribution in [0, 0.1) is 5.92 Å². The van der Waals surface area contributed by atoms with Gasteiger partial charge in [-0.3, -0.25) is 4.68 Å². The maximum absolute atomic E-state index is 5.04. The molecular formula is C19H29N5. The molecule has 4 rings (SSSR count). The van der Waals surface area contributed by atoms with Crippen LogP contribution in [-0.2, 0) is 12.8 Å². The molecule has 0 unspecified atom stereocenters. The van der Waals surface area contributed by atoms with E-state index in [0.29, 0.717) is 12.0 Å². The fourth-order valence-electron chi connectivity index (χ4n) is 4.29. The second-order valence-corrected chi connectivity index (χ2v) is 7.71. The van der Waals surface area contributed by atoms with Gasteiger partial charge in [-0.1, -0.05) is 40.0 Å². The van der Waals surface area contributed by atoms with Gasteiger partial charge < -0.3 is 4.90 Å². The zero-order valence-corrected chi connectivity index (χ0v) is 15.3. The summed E-state index contributed by atoms with van der Waals surface area (Å²) >= 11 is 0. The molecule has 0 N–H and O–H groups in total. The molecule has 3 aliphatic rings. The van der Waals surface area contributed by atoms with Gasteiger partial charge in [0.2, 0.25) is 0 Å². The van der Waals surface area contributed by atoms with Crippen molar-refractivity contribution in [3.8, 4) is 0 Å². The minimum atomic E-state index is 0.464. The molecule has 3 heterocycles. The van der Waals surface area contributed by atoms with E-state index in [1.807, 2.05) is 0 Å². The highest BCUT2D eigenvalue weighted by atomic mass is 15.4. The number of hydrogen-bond acceptors (Lipinski definition) is 4. The summed E-state index contributed by atoms with van der Waals surface area (Å²) in [5.41, 5.74) is 5.18. The first-order valence-corrected chi connectivity index (χ1v) is 9.69. The number of aryl methyl sites for hydroxylation is 1. The fourth-order valence-corrected chi connectivity index (χ4v) is 4.29. The maximum Gasteiger partial charge on any atom is 0.177 e. The molecular weight excluding hydrogens is 298 g/mol. The Labute approximate surface area is 144 Å². The van der Waals surface area contributed by atoms with E-state index >= 15 is 0 Å². The van der Waals surface area contributed by atoms with Gasteiger partial charge in [0.15, 0.2) is 5.84 Å². The summed E-state index contributed by atoms with van der Waals surface area (Å²) in [5.74, 6) is 1.53. The van der Waals surface area contributed by atoms with Gasteiger partial charge in [-0.25, -0.2) is 0 Å². The van der Waals surface area contributed by atoms with E-state index in [2.05, 4.69) is 40.6 Å². The molecule has 0 atom stereocenters. The Balaban J connectivity index is 1.78. The van der Waals surface area contributed by atoms with Crippen LogP contribution >= 0.6 is 0 Å². The monoisotopic (exact) mass is 327 g/mol. The first kappa shape index (κ1) is 15.9. The van der Waals surface area contributed by atoms with Crippen LogP contribution in [0.25, 0.3) is 0 Å². The second kappa shape index (κ2) is 6.34. The van der Waals surface area contributed by atoms with Crippen LogP contribution in [0.2, 0.25) is 0 Å². The van der Waals surface area contributed by atoms with E-state index in [1.165, 1.54) is 54.8 Å². The topological polar surface area (TPSA) is 45.8 Å². The van der Waals surface area contributed by atoms with E-state index in [0.717, 1.165) is 31.8 Å². The fraction of sp³-hybridized carbons (Fsp3) is 0.737. The second-order valence-electron chi connectivity index (χ2n) is 7.71. The highest BCUT2D eigenvalue weighted by Gasteiger charge is 2.34. The van der Waals surface area contributed by atoms with Crippen molar-refractivity contribution >= 4 is 11.5 Å². The van der Waals surface area contributed by atoms with Gasteiger partial charge in [-0.2, -0.15) is 10.2 Å². The summed E-state index contributed by atoms with van der Waals surface area (Å²) in [6.07, 6.45) is 8.64. The Morgan fingerprint density at radius 3 is 2.62 bits per heavy atom. The highest BCUT2D eigenvalue weighted by molar-refractivity contribution is 6.04. The van der Waals surface area contributed by atoms with E-state index < -0.39 is 0 Å². The molecule has 1 saturated carbocycles. The molecule has 0 radical (unpaired) electrons. The third kappa shape index (κ3) is 2.58. The Morgan fingerprint density at radius 1 is 1.12 bits per heavy atom. The third-order valence-corrected chi connectivity index (χ3v) is 5.78. The Morgan fingerprint density at radius 2 is 1.92 bits per heavy atom. The molecule has 1 aliphatic carbocycles. The molecule has 1 fully saturated rings. The van der Waals surface area contributed by atoms with Crippen LogP contribution in [0.15, 0.2) is 10.2 Å². The van der Waals surface area contributed by atoms with Crippen molar-refractivity contribution in [2.24, 2.45) is 16.1 Å². The molecule has 0 saturated heterocycles. The number of amidine groups is 1. The average molecular weight is 327 g/mol. The van der Waals surface area contributed by atoms with Crippen LogP contribution in [0.4, 0.5) is 0 Å². The normalized spacial score (nSPS) is 21.4.